The summed E-state index contributed by atoms with van der Waals surface area (Å²) in [4.78, 5) is 18.1. The molecule has 0 aliphatic rings. The van der Waals surface area contributed by atoms with E-state index in [4.69, 9.17) is 10.1 Å². The van der Waals surface area contributed by atoms with Crippen LogP contribution in [0.1, 0.15) is 24.8 Å². The van der Waals surface area contributed by atoms with E-state index >= 15 is 0 Å². The number of hydrogen-bond acceptors (Lipinski definition) is 6. The van der Waals surface area contributed by atoms with Crippen molar-refractivity contribution in [3.05, 3.63) is 82.9 Å². The van der Waals surface area contributed by atoms with Crippen LogP contribution in [0, 0.1) is 0 Å². The average molecular weight is 498 g/mol. The molecule has 0 saturated carbocycles. The number of primary sulfonamides is 1. The molecule has 0 saturated heterocycles. The van der Waals surface area contributed by atoms with Crippen LogP contribution in [0.25, 0.3) is 10.9 Å². The van der Waals surface area contributed by atoms with Crippen LogP contribution in [-0.2, 0) is 29.5 Å². The summed E-state index contributed by atoms with van der Waals surface area (Å²) in [7, 11) is -3.73. The van der Waals surface area contributed by atoms with E-state index in [9.17, 15) is 13.2 Å². The van der Waals surface area contributed by atoms with E-state index in [-0.39, 0.29) is 10.5 Å². The highest BCUT2D eigenvalue weighted by Crippen LogP contribution is 2.20. The Morgan fingerprint density at radius 2 is 1.74 bits per heavy atom. The Morgan fingerprint density at radius 3 is 2.47 bits per heavy atom. The van der Waals surface area contributed by atoms with Crippen molar-refractivity contribution in [1.29, 1.82) is 0 Å². The fraction of sp³-hybridized carbons (Fsp3) is 0.292. The lowest BCUT2D eigenvalue weighted by molar-refractivity contribution is 0.554. The molecule has 0 unspecified atom stereocenters. The maximum absolute atomic E-state index is 13.2. The Bertz CT molecular complexity index is 1400. The summed E-state index contributed by atoms with van der Waals surface area (Å²) >= 11 is 1.60. The van der Waals surface area contributed by atoms with Gasteiger partial charge in [-0.1, -0.05) is 42.4 Å². The zero-order chi connectivity index (χ0) is 24.0. The summed E-state index contributed by atoms with van der Waals surface area (Å²) in [5.74, 6) is 0.868. The number of unbranched alkanes of at least 4 members (excludes halogenated alkanes) is 2. The molecule has 0 spiro atoms. The molecule has 2 heterocycles. The first-order valence-electron chi connectivity index (χ1n) is 11.1. The van der Waals surface area contributed by atoms with Gasteiger partial charge in [0.15, 0.2) is 5.16 Å². The second-order valence-electron chi connectivity index (χ2n) is 7.99. The molecule has 8 nitrogen and oxygen atoms in total. The van der Waals surface area contributed by atoms with Crippen molar-refractivity contribution in [2.45, 2.75) is 48.8 Å². The van der Waals surface area contributed by atoms with Crippen molar-refractivity contribution < 1.29 is 8.42 Å². The van der Waals surface area contributed by atoms with Crippen molar-refractivity contribution >= 4 is 32.7 Å². The van der Waals surface area contributed by atoms with Crippen molar-refractivity contribution in [2.75, 3.05) is 5.75 Å². The molecular weight excluding hydrogens is 470 g/mol. The van der Waals surface area contributed by atoms with Crippen molar-refractivity contribution in [1.82, 2.24) is 19.3 Å². The SMILES string of the molecule is NS(=O)(=O)c1ccc(CCn2c(SCCCCCn3cccn3)nc3ccccc3c2=O)cc1. The minimum Gasteiger partial charge on any atom is -0.287 e. The number of thioether (sulfide) groups is 1. The zero-order valence-electron chi connectivity index (χ0n) is 18.7. The van der Waals surface area contributed by atoms with Gasteiger partial charge in [0, 0.05) is 31.2 Å². The number of sulfonamides is 1. The first-order valence-corrected chi connectivity index (χ1v) is 13.7. The van der Waals surface area contributed by atoms with Gasteiger partial charge < -0.3 is 0 Å². The molecule has 10 heteroatoms. The Balaban J connectivity index is 1.44. The van der Waals surface area contributed by atoms with Gasteiger partial charge in [-0.15, -0.1) is 0 Å². The highest BCUT2D eigenvalue weighted by atomic mass is 32.2. The third-order valence-electron chi connectivity index (χ3n) is 5.52. The molecule has 0 amide bonds. The van der Waals surface area contributed by atoms with Gasteiger partial charge in [-0.05, 0) is 55.2 Å². The van der Waals surface area contributed by atoms with Gasteiger partial charge in [0.05, 0.1) is 15.8 Å². The molecule has 178 valence electrons. The topological polar surface area (TPSA) is 113 Å². The van der Waals surface area contributed by atoms with Crippen LogP contribution in [0.2, 0.25) is 0 Å². The Labute approximate surface area is 202 Å². The molecule has 2 aromatic carbocycles. The summed E-state index contributed by atoms with van der Waals surface area (Å²) < 4.78 is 26.6. The molecule has 0 aliphatic carbocycles. The van der Waals surface area contributed by atoms with Gasteiger partial charge in [-0.25, -0.2) is 18.5 Å². The van der Waals surface area contributed by atoms with Crippen molar-refractivity contribution in [3.63, 3.8) is 0 Å². The van der Waals surface area contributed by atoms with Crippen LogP contribution in [0.3, 0.4) is 0 Å². The summed E-state index contributed by atoms with van der Waals surface area (Å²) in [5.41, 5.74) is 1.55. The molecule has 0 aliphatic heterocycles. The lowest BCUT2D eigenvalue weighted by Gasteiger charge is -2.13. The molecule has 0 atom stereocenters. The van der Waals surface area contributed by atoms with Gasteiger partial charge in [0.1, 0.15) is 0 Å². The predicted molar refractivity (Wildman–Crippen MR) is 134 cm³/mol. The van der Waals surface area contributed by atoms with E-state index in [1.54, 1.807) is 40.7 Å². The van der Waals surface area contributed by atoms with Crippen LogP contribution >= 0.6 is 11.8 Å². The molecule has 2 N–H and O–H groups in total. The molecule has 34 heavy (non-hydrogen) atoms. The number of hydrogen-bond donors (Lipinski definition) is 1. The van der Waals surface area contributed by atoms with Gasteiger partial charge in [0.2, 0.25) is 10.0 Å². The summed E-state index contributed by atoms with van der Waals surface area (Å²) in [6.07, 6.45) is 7.46. The third kappa shape index (κ3) is 6.13. The fourth-order valence-electron chi connectivity index (χ4n) is 3.69. The Hall–Kier alpha value is -2.95. The monoisotopic (exact) mass is 497 g/mol. The second-order valence-corrected chi connectivity index (χ2v) is 10.6. The van der Waals surface area contributed by atoms with Crippen LogP contribution in [0.5, 0.6) is 0 Å². The van der Waals surface area contributed by atoms with E-state index in [1.165, 1.54) is 12.1 Å². The van der Waals surface area contributed by atoms with Crippen molar-refractivity contribution in [3.8, 4) is 0 Å². The highest BCUT2D eigenvalue weighted by molar-refractivity contribution is 7.99. The van der Waals surface area contributed by atoms with E-state index in [1.807, 2.05) is 35.1 Å². The number of nitrogens with zero attached hydrogens (tertiary/aromatic N) is 4. The minimum atomic E-state index is -3.73. The number of aryl methyl sites for hydroxylation is 2. The number of benzene rings is 2. The molecule has 4 rings (SSSR count). The normalized spacial score (nSPS) is 11.8. The maximum Gasteiger partial charge on any atom is 0.262 e. The second kappa shape index (κ2) is 11.0. The highest BCUT2D eigenvalue weighted by Gasteiger charge is 2.12. The van der Waals surface area contributed by atoms with Crippen LogP contribution < -0.4 is 10.7 Å². The van der Waals surface area contributed by atoms with E-state index < -0.39 is 10.0 Å². The van der Waals surface area contributed by atoms with Crippen LogP contribution in [0.15, 0.2) is 81.8 Å². The smallest absolute Gasteiger partial charge is 0.262 e. The Kier molecular flexibility index (Phi) is 7.81. The average Bonchev–Trinajstić information content (AvgIpc) is 3.34. The molecule has 0 fully saturated rings. The standard InChI is InChI=1S/C24H27N5O3S2/c25-34(31,32)20-11-9-19(10-12-20)13-17-29-23(30)21-7-2-3-8-22(21)27-24(29)33-18-5-1-4-15-28-16-6-14-26-28/h2-3,6-12,14,16H,1,4-5,13,15,17-18H2,(H2,25,31,32). The number of aromatic nitrogens is 4. The summed E-state index contributed by atoms with van der Waals surface area (Å²) in [6, 6.07) is 15.7. The molecule has 0 bridgehead atoms. The number of fused-ring (bicyclic) bond motifs is 1. The van der Waals surface area contributed by atoms with E-state index in [0.717, 1.165) is 37.1 Å². The van der Waals surface area contributed by atoms with Gasteiger partial charge in [-0.3, -0.25) is 14.0 Å². The Morgan fingerprint density at radius 1 is 0.941 bits per heavy atom. The van der Waals surface area contributed by atoms with E-state index in [0.29, 0.717) is 29.0 Å². The van der Waals surface area contributed by atoms with Crippen LogP contribution in [-0.4, -0.2) is 33.5 Å². The summed E-state index contributed by atoms with van der Waals surface area (Å²) in [6.45, 7) is 1.36. The van der Waals surface area contributed by atoms with Crippen molar-refractivity contribution in [2.24, 2.45) is 5.14 Å². The predicted octanol–water partition coefficient (Wildman–Crippen LogP) is 3.45. The van der Waals surface area contributed by atoms with Crippen LogP contribution in [0.4, 0.5) is 0 Å². The number of rotatable bonds is 11. The summed E-state index contributed by atoms with van der Waals surface area (Å²) in [5, 5.41) is 10.7. The number of para-hydroxylation sites is 1. The van der Waals surface area contributed by atoms with Gasteiger partial charge in [0.25, 0.3) is 5.56 Å². The van der Waals surface area contributed by atoms with E-state index in [2.05, 4.69) is 5.10 Å². The maximum atomic E-state index is 13.2. The zero-order valence-corrected chi connectivity index (χ0v) is 20.3. The fourth-order valence-corrected chi connectivity index (χ4v) is 5.23. The lowest BCUT2D eigenvalue weighted by atomic mass is 10.1. The molecular formula is C24H27N5O3S2. The molecule has 0 radical (unpaired) electrons. The van der Waals surface area contributed by atoms with Gasteiger partial charge in [-0.2, -0.15) is 5.10 Å². The minimum absolute atomic E-state index is 0.0621. The molecule has 2 aromatic heterocycles. The number of nitrogens with two attached hydrogens (primary N) is 1. The lowest BCUT2D eigenvalue weighted by Crippen LogP contribution is -2.24. The largest absolute Gasteiger partial charge is 0.287 e. The molecule has 4 aromatic rings. The third-order valence-corrected chi connectivity index (χ3v) is 7.52. The quantitative estimate of drug-likeness (QED) is 0.193. The first-order chi connectivity index (χ1) is 16.4. The first kappa shape index (κ1) is 24.2. The van der Waals surface area contributed by atoms with Gasteiger partial charge >= 0.3 is 0 Å².